The van der Waals surface area contributed by atoms with Crippen LogP contribution in [0.3, 0.4) is 0 Å². The molecule has 0 aromatic heterocycles. The molecule has 1 aromatic rings. The zero-order chi connectivity index (χ0) is 14.3. The minimum Gasteiger partial charge on any atom is -0.349 e. The highest BCUT2D eigenvalue weighted by Gasteiger charge is 2.49. The van der Waals surface area contributed by atoms with E-state index in [1.54, 1.807) is 0 Å². The molecule has 3 heterocycles. The molecule has 0 saturated carbocycles. The van der Waals surface area contributed by atoms with Crippen LogP contribution in [-0.4, -0.2) is 30.9 Å². The molecule has 2 atom stereocenters. The Morgan fingerprint density at radius 3 is 2.76 bits per heavy atom. The van der Waals surface area contributed by atoms with Crippen LogP contribution in [0.15, 0.2) is 24.3 Å². The number of piperidine rings is 3. The van der Waals surface area contributed by atoms with Crippen LogP contribution in [0.5, 0.6) is 0 Å². The topological polar surface area (TPSA) is 32.3 Å². The second-order valence-electron chi connectivity index (χ2n) is 6.99. The van der Waals surface area contributed by atoms with Crippen LogP contribution in [0.2, 0.25) is 0 Å². The van der Waals surface area contributed by atoms with Crippen LogP contribution in [0.1, 0.15) is 36.8 Å². The molecule has 1 N–H and O–H groups in total. The third-order valence-electron chi connectivity index (χ3n) is 6.12. The minimum absolute atomic E-state index is 0.125. The number of benzene rings is 1. The fraction of sp³-hybridized carbons (Fsp3) is 0.611. The van der Waals surface area contributed by atoms with E-state index in [0.29, 0.717) is 5.92 Å². The molecule has 21 heavy (non-hydrogen) atoms. The van der Waals surface area contributed by atoms with Crippen molar-refractivity contribution in [3.63, 3.8) is 0 Å². The fourth-order valence-electron chi connectivity index (χ4n) is 5.14. The lowest BCUT2D eigenvalue weighted by Crippen LogP contribution is -2.60. The molecule has 1 aliphatic carbocycles. The van der Waals surface area contributed by atoms with Crippen molar-refractivity contribution in [3.05, 3.63) is 35.4 Å². The van der Waals surface area contributed by atoms with Crippen LogP contribution in [0.25, 0.3) is 0 Å². The van der Waals surface area contributed by atoms with Crippen molar-refractivity contribution < 1.29 is 4.79 Å². The highest BCUT2D eigenvalue weighted by molar-refractivity contribution is 5.52. The molecule has 3 fully saturated rings. The van der Waals surface area contributed by atoms with Gasteiger partial charge in [0, 0.05) is 12.5 Å². The van der Waals surface area contributed by atoms with E-state index in [1.807, 2.05) is 0 Å². The van der Waals surface area contributed by atoms with E-state index in [2.05, 4.69) is 34.5 Å². The molecule has 4 aliphatic rings. The molecule has 3 heteroatoms. The van der Waals surface area contributed by atoms with E-state index in [0.717, 1.165) is 31.7 Å². The molecule has 0 spiro atoms. The van der Waals surface area contributed by atoms with Gasteiger partial charge < -0.3 is 10.2 Å². The third-order valence-corrected chi connectivity index (χ3v) is 6.12. The lowest BCUT2D eigenvalue weighted by atomic mass is 9.61. The number of hydrogen-bond donors (Lipinski definition) is 1. The first-order valence-electron chi connectivity index (χ1n) is 8.35. The number of hydrogen-bond acceptors (Lipinski definition) is 2. The van der Waals surface area contributed by atoms with Crippen molar-refractivity contribution in [2.75, 3.05) is 19.6 Å². The van der Waals surface area contributed by atoms with Gasteiger partial charge in [-0.1, -0.05) is 24.3 Å². The number of carbonyl (C=O) groups is 1. The van der Waals surface area contributed by atoms with Gasteiger partial charge >= 0.3 is 0 Å². The molecule has 2 bridgehead atoms. The van der Waals surface area contributed by atoms with E-state index >= 15 is 0 Å². The normalized spacial score (nSPS) is 37.8. The van der Waals surface area contributed by atoms with E-state index in [-0.39, 0.29) is 5.54 Å². The summed E-state index contributed by atoms with van der Waals surface area (Å²) in [6.07, 6.45) is 6.97. The van der Waals surface area contributed by atoms with Gasteiger partial charge in [-0.2, -0.15) is 0 Å². The maximum atomic E-state index is 11.4. The molecule has 5 rings (SSSR count). The molecule has 3 nitrogen and oxygen atoms in total. The Hall–Kier alpha value is -1.35. The summed E-state index contributed by atoms with van der Waals surface area (Å²) >= 11 is 0. The van der Waals surface area contributed by atoms with Gasteiger partial charge in [0.1, 0.15) is 0 Å². The molecular formula is C18H24N2O. The predicted octanol–water partition coefficient (Wildman–Crippen LogP) is 2.31. The molecule has 1 aromatic carbocycles. The average molecular weight is 284 g/mol. The summed E-state index contributed by atoms with van der Waals surface area (Å²) in [7, 11) is 0. The molecular weight excluding hydrogens is 260 g/mol. The largest absolute Gasteiger partial charge is 0.349 e. The first-order chi connectivity index (χ1) is 10.3. The van der Waals surface area contributed by atoms with Crippen LogP contribution in [0, 0.1) is 11.8 Å². The van der Waals surface area contributed by atoms with Crippen molar-refractivity contribution in [2.24, 2.45) is 11.8 Å². The summed E-state index contributed by atoms with van der Waals surface area (Å²) in [6.45, 7) is 3.65. The number of nitrogens with zero attached hydrogens (tertiary/aromatic N) is 1. The number of aryl methyl sites for hydroxylation is 1. The molecule has 3 aliphatic heterocycles. The van der Waals surface area contributed by atoms with Gasteiger partial charge in [-0.3, -0.25) is 4.79 Å². The quantitative estimate of drug-likeness (QED) is 0.864. The van der Waals surface area contributed by atoms with E-state index in [1.165, 1.54) is 43.5 Å². The summed E-state index contributed by atoms with van der Waals surface area (Å²) in [6, 6.07) is 8.76. The van der Waals surface area contributed by atoms with Gasteiger partial charge in [0.15, 0.2) is 0 Å². The average Bonchev–Trinajstić information content (AvgIpc) is 2.56. The Labute approximate surface area is 126 Å². The van der Waals surface area contributed by atoms with Crippen molar-refractivity contribution in [1.82, 2.24) is 10.2 Å². The second kappa shape index (κ2) is 5.13. The van der Waals surface area contributed by atoms with Gasteiger partial charge in [0.25, 0.3) is 0 Å². The second-order valence-corrected chi connectivity index (χ2v) is 6.99. The van der Waals surface area contributed by atoms with Gasteiger partial charge in [-0.25, -0.2) is 0 Å². The van der Waals surface area contributed by atoms with E-state index in [4.69, 9.17) is 0 Å². The monoisotopic (exact) mass is 284 g/mol. The number of amides is 1. The SMILES string of the molecule is O=CN[C@@]1([C@@H]2CN3CCC2CC3)CCCc2ccccc21. The summed E-state index contributed by atoms with van der Waals surface area (Å²) < 4.78 is 0. The van der Waals surface area contributed by atoms with Crippen molar-refractivity contribution in [2.45, 2.75) is 37.6 Å². The minimum atomic E-state index is -0.125. The van der Waals surface area contributed by atoms with Crippen LogP contribution < -0.4 is 5.32 Å². The number of carbonyl (C=O) groups excluding carboxylic acids is 1. The zero-order valence-corrected chi connectivity index (χ0v) is 12.6. The zero-order valence-electron chi connectivity index (χ0n) is 12.6. The lowest BCUT2D eigenvalue weighted by Gasteiger charge is -2.54. The summed E-state index contributed by atoms with van der Waals surface area (Å²) in [5.41, 5.74) is 2.71. The Kier molecular flexibility index (Phi) is 3.26. The number of rotatable bonds is 3. The van der Waals surface area contributed by atoms with Crippen LogP contribution in [0.4, 0.5) is 0 Å². The maximum absolute atomic E-state index is 11.4. The highest BCUT2D eigenvalue weighted by atomic mass is 16.1. The fourth-order valence-corrected chi connectivity index (χ4v) is 5.14. The molecule has 0 radical (unpaired) electrons. The van der Waals surface area contributed by atoms with Gasteiger partial charge in [-0.15, -0.1) is 0 Å². The van der Waals surface area contributed by atoms with Gasteiger partial charge in [0.05, 0.1) is 5.54 Å². The first kappa shape index (κ1) is 13.3. The van der Waals surface area contributed by atoms with Gasteiger partial charge in [0.2, 0.25) is 6.41 Å². The van der Waals surface area contributed by atoms with E-state index in [9.17, 15) is 4.79 Å². The number of nitrogens with one attached hydrogen (secondary N) is 1. The smallest absolute Gasteiger partial charge is 0.207 e. The summed E-state index contributed by atoms with van der Waals surface area (Å²) in [5.74, 6) is 1.35. The molecule has 3 saturated heterocycles. The third kappa shape index (κ3) is 2.02. The summed E-state index contributed by atoms with van der Waals surface area (Å²) in [4.78, 5) is 14.0. The van der Waals surface area contributed by atoms with Crippen LogP contribution >= 0.6 is 0 Å². The Morgan fingerprint density at radius 2 is 2.05 bits per heavy atom. The molecule has 1 amide bonds. The highest BCUT2D eigenvalue weighted by Crippen LogP contribution is 2.48. The number of fused-ring (bicyclic) bond motifs is 4. The molecule has 112 valence electrons. The predicted molar refractivity (Wildman–Crippen MR) is 82.9 cm³/mol. The van der Waals surface area contributed by atoms with E-state index < -0.39 is 0 Å². The summed E-state index contributed by atoms with van der Waals surface area (Å²) in [5, 5.41) is 3.30. The Bertz CT molecular complexity index is 536. The lowest BCUT2D eigenvalue weighted by molar-refractivity contribution is -0.114. The maximum Gasteiger partial charge on any atom is 0.207 e. The Balaban J connectivity index is 1.79. The Morgan fingerprint density at radius 1 is 1.24 bits per heavy atom. The van der Waals surface area contributed by atoms with Crippen molar-refractivity contribution in [1.29, 1.82) is 0 Å². The van der Waals surface area contributed by atoms with Crippen molar-refractivity contribution in [3.8, 4) is 0 Å². The first-order valence-corrected chi connectivity index (χ1v) is 8.35. The van der Waals surface area contributed by atoms with Gasteiger partial charge in [-0.05, 0) is 62.2 Å². The standard InChI is InChI=1S/C18H24N2O/c21-13-19-18(17-12-20-10-7-15(17)8-11-20)9-3-5-14-4-1-2-6-16(14)18/h1-2,4,6,13,15,17H,3,5,7-12H2,(H,19,21)/t17-,18+/m1/s1. The molecule has 0 unspecified atom stereocenters. The van der Waals surface area contributed by atoms with Crippen molar-refractivity contribution >= 4 is 6.41 Å². The van der Waals surface area contributed by atoms with Crippen LogP contribution in [-0.2, 0) is 16.8 Å².